The maximum atomic E-state index is 11.3. The van der Waals surface area contributed by atoms with E-state index in [-0.39, 0.29) is 11.8 Å². The van der Waals surface area contributed by atoms with Crippen molar-refractivity contribution < 1.29 is 19.2 Å². The average Bonchev–Trinajstić information content (AvgIpc) is 3.49. The SMILES string of the molecule is O=C(O)c1nsc2cc(N3CCC(OCc4c(-c5c(Cl)cccc5Cl)noc4C4CC4)CC3)ccc12. The van der Waals surface area contributed by atoms with E-state index in [1.165, 1.54) is 11.5 Å². The third-order valence-corrected chi connectivity index (χ3v) is 8.33. The van der Waals surface area contributed by atoms with Gasteiger partial charge in [-0.3, -0.25) is 0 Å². The fraction of sp³-hybridized carbons (Fsp3) is 0.346. The molecule has 1 aliphatic carbocycles. The molecule has 36 heavy (non-hydrogen) atoms. The number of hydrogen-bond acceptors (Lipinski definition) is 7. The molecule has 1 aliphatic heterocycles. The number of aromatic carboxylic acids is 1. The molecule has 0 unspecified atom stereocenters. The van der Waals surface area contributed by atoms with E-state index >= 15 is 0 Å². The van der Waals surface area contributed by atoms with Crippen molar-refractivity contribution in [3.05, 3.63) is 63.5 Å². The van der Waals surface area contributed by atoms with E-state index in [0.29, 0.717) is 39.2 Å². The van der Waals surface area contributed by atoms with Crippen LogP contribution in [0.25, 0.3) is 21.3 Å². The number of rotatable bonds is 7. The zero-order valence-corrected chi connectivity index (χ0v) is 21.6. The normalized spacial score (nSPS) is 16.7. The lowest BCUT2D eigenvalue weighted by Crippen LogP contribution is -2.37. The number of hydrogen-bond donors (Lipinski definition) is 1. The molecule has 3 heterocycles. The van der Waals surface area contributed by atoms with Gasteiger partial charge in [0.2, 0.25) is 0 Å². The Morgan fingerprint density at radius 3 is 2.58 bits per heavy atom. The van der Waals surface area contributed by atoms with E-state index in [2.05, 4.69) is 14.4 Å². The van der Waals surface area contributed by atoms with Crippen LogP contribution in [0.2, 0.25) is 10.0 Å². The van der Waals surface area contributed by atoms with Crippen LogP contribution >= 0.6 is 34.7 Å². The highest BCUT2D eigenvalue weighted by Gasteiger charge is 2.34. The van der Waals surface area contributed by atoms with Crippen molar-refractivity contribution >= 4 is 56.5 Å². The van der Waals surface area contributed by atoms with Gasteiger partial charge in [-0.2, -0.15) is 4.37 Å². The van der Waals surface area contributed by atoms with Gasteiger partial charge >= 0.3 is 5.97 Å². The second kappa shape index (κ2) is 9.67. The highest BCUT2D eigenvalue weighted by molar-refractivity contribution is 7.13. The van der Waals surface area contributed by atoms with Gasteiger partial charge in [-0.15, -0.1) is 0 Å². The Hall–Kier alpha value is -2.65. The molecule has 0 bridgehead atoms. The van der Waals surface area contributed by atoms with E-state index in [1.54, 1.807) is 12.1 Å². The van der Waals surface area contributed by atoms with Gasteiger partial charge in [-0.05, 0) is 67.5 Å². The van der Waals surface area contributed by atoms with Gasteiger partial charge in [0, 0.05) is 41.2 Å². The van der Waals surface area contributed by atoms with Crippen molar-refractivity contribution in [1.29, 1.82) is 0 Å². The van der Waals surface area contributed by atoms with Crippen molar-refractivity contribution in [2.75, 3.05) is 18.0 Å². The highest BCUT2D eigenvalue weighted by Crippen LogP contribution is 2.46. The van der Waals surface area contributed by atoms with Crippen LogP contribution in [0.15, 0.2) is 40.9 Å². The summed E-state index contributed by atoms with van der Waals surface area (Å²) in [4.78, 5) is 13.6. The minimum absolute atomic E-state index is 0.114. The van der Waals surface area contributed by atoms with E-state index < -0.39 is 5.97 Å². The highest BCUT2D eigenvalue weighted by atomic mass is 35.5. The largest absolute Gasteiger partial charge is 0.476 e. The first kappa shape index (κ1) is 23.7. The molecule has 2 aromatic carbocycles. The first-order chi connectivity index (χ1) is 17.5. The van der Waals surface area contributed by atoms with Crippen LogP contribution in [0.3, 0.4) is 0 Å². The maximum absolute atomic E-state index is 11.3. The summed E-state index contributed by atoms with van der Waals surface area (Å²) in [6, 6.07) is 11.3. The summed E-state index contributed by atoms with van der Waals surface area (Å²) >= 11 is 14.2. The van der Waals surface area contributed by atoms with Crippen molar-refractivity contribution in [3.63, 3.8) is 0 Å². The van der Waals surface area contributed by atoms with Gasteiger partial charge in [-0.25, -0.2) is 4.79 Å². The van der Waals surface area contributed by atoms with Crippen LogP contribution in [0.1, 0.15) is 53.4 Å². The number of aromatic nitrogens is 2. The van der Waals surface area contributed by atoms with Crippen LogP contribution in [0, 0.1) is 0 Å². The zero-order valence-electron chi connectivity index (χ0n) is 19.2. The number of halogens is 2. The number of fused-ring (bicyclic) bond motifs is 1. The second-order valence-electron chi connectivity index (χ2n) is 9.26. The van der Waals surface area contributed by atoms with Crippen LogP contribution in [-0.2, 0) is 11.3 Å². The van der Waals surface area contributed by atoms with Crippen molar-refractivity contribution in [2.45, 2.75) is 44.3 Å². The van der Waals surface area contributed by atoms with E-state index in [4.69, 9.17) is 32.5 Å². The average molecular weight is 544 g/mol. The Kier molecular flexibility index (Phi) is 6.37. The minimum Gasteiger partial charge on any atom is -0.476 e. The monoisotopic (exact) mass is 543 g/mol. The summed E-state index contributed by atoms with van der Waals surface area (Å²) < 4.78 is 17.1. The molecule has 0 spiro atoms. The summed E-state index contributed by atoms with van der Waals surface area (Å²) in [5, 5.41) is 15.4. The lowest BCUT2D eigenvalue weighted by atomic mass is 10.0. The standard InChI is InChI=1S/C26H23Cl2N3O4S/c27-19-2-1-3-20(28)22(19)23-18(25(35-29-23)14-4-5-14)13-34-16-8-10-31(11-9-16)15-6-7-17-21(12-15)36-30-24(17)26(32)33/h1-3,6-7,12,14,16H,4-5,8-11,13H2,(H,32,33). The molecular formula is C26H23Cl2N3O4S. The molecule has 2 aliphatic rings. The summed E-state index contributed by atoms with van der Waals surface area (Å²) in [6.07, 6.45) is 4.06. The number of carboxylic acids is 1. The van der Waals surface area contributed by atoms with Gasteiger partial charge < -0.3 is 19.3 Å². The fourth-order valence-corrected chi connectivity index (χ4v) is 6.19. The molecular weight excluding hydrogens is 521 g/mol. The Morgan fingerprint density at radius 2 is 1.89 bits per heavy atom. The van der Waals surface area contributed by atoms with Crippen LogP contribution in [0.5, 0.6) is 0 Å². The molecule has 0 radical (unpaired) electrons. The zero-order chi connectivity index (χ0) is 24.8. The Morgan fingerprint density at radius 1 is 1.14 bits per heavy atom. The summed E-state index contributed by atoms with van der Waals surface area (Å²) in [7, 11) is 0. The van der Waals surface area contributed by atoms with Gasteiger partial charge in [0.25, 0.3) is 0 Å². The molecule has 2 fully saturated rings. The smallest absolute Gasteiger partial charge is 0.356 e. The Bertz CT molecular complexity index is 1420. The van der Waals surface area contributed by atoms with Crippen molar-refractivity contribution in [2.24, 2.45) is 0 Å². The molecule has 186 valence electrons. The number of piperidine rings is 1. The van der Waals surface area contributed by atoms with Crippen LogP contribution in [0.4, 0.5) is 5.69 Å². The third-order valence-electron chi connectivity index (χ3n) is 6.89. The molecule has 1 saturated carbocycles. The van der Waals surface area contributed by atoms with Crippen LogP contribution < -0.4 is 4.90 Å². The first-order valence-corrected chi connectivity index (χ1v) is 13.4. The number of nitrogens with zero attached hydrogens (tertiary/aromatic N) is 3. The number of carbonyl (C=O) groups is 1. The number of benzene rings is 2. The fourth-order valence-electron chi connectivity index (χ4n) is 4.81. The van der Waals surface area contributed by atoms with Gasteiger partial charge in [0.15, 0.2) is 5.69 Å². The maximum Gasteiger partial charge on any atom is 0.356 e. The molecule has 0 atom stereocenters. The van der Waals surface area contributed by atoms with Crippen LogP contribution in [-0.4, -0.2) is 39.8 Å². The lowest BCUT2D eigenvalue weighted by molar-refractivity contribution is 0.0246. The molecule has 1 saturated heterocycles. The molecule has 6 rings (SSSR count). The number of carboxylic acid groups (broad SMARTS) is 1. The molecule has 10 heteroatoms. The molecule has 2 aromatic heterocycles. The van der Waals surface area contributed by atoms with E-state index in [1.807, 2.05) is 24.3 Å². The van der Waals surface area contributed by atoms with E-state index in [9.17, 15) is 9.90 Å². The minimum atomic E-state index is -0.996. The van der Waals surface area contributed by atoms with Gasteiger partial charge in [-0.1, -0.05) is 34.4 Å². The lowest BCUT2D eigenvalue weighted by Gasteiger charge is -2.33. The van der Waals surface area contributed by atoms with E-state index in [0.717, 1.165) is 60.5 Å². The topological polar surface area (TPSA) is 88.7 Å². The molecule has 4 aromatic rings. The summed E-state index contributed by atoms with van der Waals surface area (Å²) in [6.45, 7) is 2.10. The summed E-state index contributed by atoms with van der Waals surface area (Å²) in [5.41, 5.74) is 3.50. The first-order valence-electron chi connectivity index (χ1n) is 11.9. The van der Waals surface area contributed by atoms with Gasteiger partial charge in [0.1, 0.15) is 11.5 Å². The second-order valence-corrected chi connectivity index (χ2v) is 10.9. The Labute approximate surface area is 221 Å². The third kappa shape index (κ3) is 4.47. The Balaban J connectivity index is 1.14. The number of anilines is 1. The van der Waals surface area contributed by atoms with Crippen molar-refractivity contribution in [3.8, 4) is 11.3 Å². The molecule has 0 amide bonds. The molecule has 1 N–H and O–H groups in total. The van der Waals surface area contributed by atoms with Crippen molar-refractivity contribution in [1.82, 2.24) is 9.53 Å². The number of ether oxygens (including phenoxy) is 1. The predicted octanol–water partition coefficient (Wildman–Crippen LogP) is 7.02. The van der Waals surface area contributed by atoms with Gasteiger partial charge in [0.05, 0.1) is 27.5 Å². The predicted molar refractivity (Wildman–Crippen MR) is 141 cm³/mol. The summed E-state index contributed by atoms with van der Waals surface area (Å²) in [5.74, 6) is 0.276. The quantitative estimate of drug-likeness (QED) is 0.268. The molecule has 7 nitrogen and oxygen atoms in total.